The zero-order valence-electron chi connectivity index (χ0n) is 12.2. The first-order valence-corrected chi connectivity index (χ1v) is 6.88. The Balaban J connectivity index is 2.68. The van der Waals surface area contributed by atoms with Crippen molar-refractivity contribution < 1.29 is 4.79 Å². The summed E-state index contributed by atoms with van der Waals surface area (Å²) in [5.74, 6) is -0.0631. The van der Waals surface area contributed by atoms with E-state index in [0.29, 0.717) is 16.3 Å². The van der Waals surface area contributed by atoms with Crippen LogP contribution < -0.4 is 5.73 Å². The number of ketones is 1. The second kappa shape index (κ2) is 5.29. The predicted molar refractivity (Wildman–Crippen MR) is 84.7 cm³/mol. The normalized spacial score (nSPS) is 10.7. The lowest BCUT2D eigenvalue weighted by atomic mass is 9.89. The fourth-order valence-corrected chi connectivity index (χ4v) is 2.59. The molecule has 104 valence electrons. The molecule has 3 heteroatoms. The zero-order valence-corrected chi connectivity index (χ0v) is 12.9. The molecule has 0 spiro atoms. The van der Waals surface area contributed by atoms with Crippen LogP contribution in [0.15, 0.2) is 24.3 Å². The quantitative estimate of drug-likeness (QED) is 0.658. The van der Waals surface area contributed by atoms with Gasteiger partial charge in [-0.1, -0.05) is 17.7 Å². The maximum absolute atomic E-state index is 12.8. The van der Waals surface area contributed by atoms with Crippen LogP contribution in [0.2, 0.25) is 5.02 Å². The minimum atomic E-state index is -0.0631. The lowest BCUT2D eigenvalue weighted by Gasteiger charge is -2.15. The summed E-state index contributed by atoms with van der Waals surface area (Å²) in [6.45, 7) is 7.96. The van der Waals surface area contributed by atoms with E-state index in [1.165, 1.54) is 0 Å². The van der Waals surface area contributed by atoms with Crippen molar-refractivity contribution in [3.05, 3.63) is 62.7 Å². The van der Waals surface area contributed by atoms with Gasteiger partial charge in [-0.25, -0.2) is 0 Å². The molecule has 2 aromatic carbocycles. The fraction of sp³-hybridized carbons (Fsp3) is 0.235. The number of nitrogen functional groups attached to an aromatic ring is 1. The highest BCUT2D eigenvalue weighted by Crippen LogP contribution is 2.27. The van der Waals surface area contributed by atoms with Crippen LogP contribution in [0.5, 0.6) is 0 Å². The molecule has 2 aromatic rings. The van der Waals surface area contributed by atoms with E-state index in [-0.39, 0.29) is 5.78 Å². The maximum atomic E-state index is 12.8. The molecule has 2 nitrogen and oxygen atoms in total. The molecule has 0 aliphatic heterocycles. The largest absolute Gasteiger partial charge is 0.398 e. The lowest BCUT2D eigenvalue weighted by Crippen LogP contribution is -2.11. The first-order valence-electron chi connectivity index (χ1n) is 6.50. The van der Waals surface area contributed by atoms with E-state index >= 15 is 0 Å². The number of hydrogen-bond acceptors (Lipinski definition) is 2. The SMILES string of the molecule is Cc1cc(C)c(C)c(C(=O)c2cc(Cl)ccc2N)c1C. The summed E-state index contributed by atoms with van der Waals surface area (Å²) >= 11 is 5.98. The van der Waals surface area contributed by atoms with Crippen molar-refractivity contribution in [2.24, 2.45) is 0 Å². The molecule has 0 radical (unpaired) electrons. The van der Waals surface area contributed by atoms with Gasteiger partial charge in [0.25, 0.3) is 0 Å². The van der Waals surface area contributed by atoms with Crippen LogP contribution in [0.1, 0.15) is 38.2 Å². The van der Waals surface area contributed by atoms with Gasteiger partial charge in [0.2, 0.25) is 0 Å². The summed E-state index contributed by atoms with van der Waals surface area (Å²) < 4.78 is 0. The van der Waals surface area contributed by atoms with Crippen molar-refractivity contribution in [3.8, 4) is 0 Å². The molecule has 0 atom stereocenters. The van der Waals surface area contributed by atoms with Gasteiger partial charge in [0, 0.05) is 21.8 Å². The number of aryl methyl sites for hydroxylation is 2. The number of benzene rings is 2. The van der Waals surface area contributed by atoms with Gasteiger partial charge >= 0.3 is 0 Å². The van der Waals surface area contributed by atoms with Crippen molar-refractivity contribution in [1.29, 1.82) is 0 Å². The minimum Gasteiger partial charge on any atom is -0.398 e. The highest BCUT2D eigenvalue weighted by molar-refractivity contribution is 6.31. The molecule has 0 unspecified atom stereocenters. The molecule has 0 bridgehead atoms. The van der Waals surface area contributed by atoms with Crippen molar-refractivity contribution in [2.75, 3.05) is 5.73 Å². The standard InChI is InChI=1S/C17H18ClNO/c1-9-7-10(2)12(4)16(11(9)3)17(20)14-8-13(18)5-6-15(14)19/h5-8H,19H2,1-4H3. The Kier molecular flexibility index (Phi) is 3.87. The van der Waals surface area contributed by atoms with Gasteiger partial charge in [0.15, 0.2) is 5.78 Å². The van der Waals surface area contributed by atoms with E-state index in [9.17, 15) is 4.79 Å². The number of hydrogen-bond donors (Lipinski definition) is 1. The molecule has 0 saturated heterocycles. The first kappa shape index (κ1) is 14.6. The molecule has 0 heterocycles. The van der Waals surface area contributed by atoms with Crippen LogP contribution in [0.4, 0.5) is 5.69 Å². The summed E-state index contributed by atoms with van der Waals surface area (Å²) in [6.07, 6.45) is 0. The van der Waals surface area contributed by atoms with E-state index < -0.39 is 0 Å². The van der Waals surface area contributed by atoms with Gasteiger partial charge in [-0.05, 0) is 68.1 Å². The number of halogens is 1. The molecule has 2 rings (SSSR count). The van der Waals surface area contributed by atoms with E-state index in [1.807, 2.05) is 27.7 Å². The van der Waals surface area contributed by atoms with Crippen molar-refractivity contribution in [2.45, 2.75) is 27.7 Å². The van der Waals surface area contributed by atoms with Crippen molar-refractivity contribution in [3.63, 3.8) is 0 Å². The average molecular weight is 288 g/mol. The Bertz CT molecular complexity index is 678. The smallest absolute Gasteiger partial charge is 0.195 e. The van der Waals surface area contributed by atoms with Crippen LogP contribution in [-0.2, 0) is 0 Å². The first-order chi connectivity index (χ1) is 9.32. The summed E-state index contributed by atoms with van der Waals surface area (Å²) in [4.78, 5) is 12.8. The average Bonchev–Trinajstić information content (AvgIpc) is 2.39. The second-order valence-electron chi connectivity index (χ2n) is 5.20. The topological polar surface area (TPSA) is 43.1 Å². The Morgan fingerprint density at radius 1 is 1.00 bits per heavy atom. The number of rotatable bonds is 2. The van der Waals surface area contributed by atoms with Gasteiger partial charge in [0.1, 0.15) is 0 Å². The third kappa shape index (κ3) is 2.44. The van der Waals surface area contributed by atoms with E-state index in [4.69, 9.17) is 17.3 Å². The molecule has 0 aliphatic rings. The maximum Gasteiger partial charge on any atom is 0.195 e. The molecule has 0 saturated carbocycles. The Morgan fingerprint density at radius 2 is 1.55 bits per heavy atom. The lowest BCUT2D eigenvalue weighted by molar-refractivity contribution is 0.103. The Labute approximate surface area is 124 Å². The van der Waals surface area contributed by atoms with Gasteiger partial charge in [-0.15, -0.1) is 0 Å². The third-order valence-electron chi connectivity index (χ3n) is 3.85. The number of carbonyl (C=O) groups excluding carboxylic acids is 1. The van der Waals surface area contributed by atoms with E-state index in [2.05, 4.69) is 6.07 Å². The molecule has 20 heavy (non-hydrogen) atoms. The fourth-order valence-electron chi connectivity index (χ4n) is 2.42. The van der Waals surface area contributed by atoms with Crippen LogP contribution in [-0.4, -0.2) is 5.78 Å². The molecular weight excluding hydrogens is 270 g/mol. The monoisotopic (exact) mass is 287 g/mol. The molecule has 0 aromatic heterocycles. The number of anilines is 1. The Morgan fingerprint density at radius 3 is 2.10 bits per heavy atom. The third-order valence-corrected chi connectivity index (χ3v) is 4.09. The van der Waals surface area contributed by atoms with Gasteiger partial charge in [-0.2, -0.15) is 0 Å². The second-order valence-corrected chi connectivity index (χ2v) is 5.63. The van der Waals surface area contributed by atoms with Crippen LogP contribution in [0.3, 0.4) is 0 Å². The van der Waals surface area contributed by atoms with Crippen LogP contribution in [0, 0.1) is 27.7 Å². The minimum absolute atomic E-state index is 0.0631. The highest BCUT2D eigenvalue weighted by Gasteiger charge is 2.19. The van der Waals surface area contributed by atoms with Gasteiger partial charge < -0.3 is 5.73 Å². The van der Waals surface area contributed by atoms with Crippen molar-refractivity contribution in [1.82, 2.24) is 0 Å². The molecular formula is C17H18ClNO. The summed E-state index contributed by atoms with van der Waals surface area (Å²) in [5, 5.41) is 0.516. The van der Waals surface area contributed by atoms with E-state index in [1.54, 1.807) is 18.2 Å². The Hall–Kier alpha value is -1.80. The summed E-state index contributed by atoms with van der Waals surface area (Å²) in [5.41, 5.74) is 11.8. The number of nitrogens with two attached hydrogens (primary N) is 1. The zero-order chi connectivity index (χ0) is 15.0. The summed E-state index contributed by atoms with van der Waals surface area (Å²) in [7, 11) is 0. The predicted octanol–water partition coefficient (Wildman–Crippen LogP) is 4.39. The van der Waals surface area contributed by atoms with Gasteiger partial charge in [-0.3, -0.25) is 4.79 Å². The number of carbonyl (C=O) groups is 1. The van der Waals surface area contributed by atoms with Gasteiger partial charge in [0.05, 0.1) is 0 Å². The van der Waals surface area contributed by atoms with E-state index in [0.717, 1.165) is 27.8 Å². The molecule has 2 N–H and O–H groups in total. The molecule has 0 amide bonds. The molecule has 0 fully saturated rings. The molecule has 0 aliphatic carbocycles. The van der Waals surface area contributed by atoms with Crippen LogP contribution in [0.25, 0.3) is 0 Å². The van der Waals surface area contributed by atoms with Crippen molar-refractivity contribution >= 4 is 23.1 Å². The van der Waals surface area contributed by atoms with Crippen LogP contribution >= 0.6 is 11.6 Å². The highest BCUT2D eigenvalue weighted by atomic mass is 35.5. The summed E-state index contributed by atoms with van der Waals surface area (Å²) in [6, 6.07) is 7.09.